The molecule has 7 heteroatoms. The van der Waals surface area contributed by atoms with Crippen molar-refractivity contribution in [3.63, 3.8) is 0 Å². The summed E-state index contributed by atoms with van der Waals surface area (Å²) in [6.45, 7) is 6.39. The van der Waals surface area contributed by atoms with Crippen molar-refractivity contribution < 1.29 is 17.9 Å². The number of rotatable bonds is 5. The van der Waals surface area contributed by atoms with Gasteiger partial charge in [0.05, 0.1) is 25.4 Å². The SMILES string of the molecule is COc1ccccc1[C@H](C)N(C)S(=O)(=O)N1C[C@@H](C)O[C@@H](C)C1. The first-order chi connectivity index (χ1) is 10.8. The lowest BCUT2D eigenvalue weighted by Crippen LogP contribution is -2.52. The molecule has 6 nitrogen and oxygen atoms in total. The Morgan fingerprint density at radius 2 is 1.83 bits per heavy atom. The van der Waals surface area contributed by atoms with Crippen LogP contribution in [0.2, 0.25) is 0 Å². The maximum Gasteiger partial charge on any atom is 0.282 e. The van der Waals surface area contributed by atoms with Crippen LogP contribution in [0.15, 0.2) is 24.3 Å². The van der Waals surface area contributed by atoms with Crippen molar-refractivity contribution in [3.05, 3.63) is 29.8 Å². The highest BCUT2D eigenvalue weighted by Gasteiger charge is 2.36. The average Bonchev–Trinajstić information content (AvgIpc) is 2.52. The number of benzene rings is 1. The van der Waals surface area contributed by atoms with Gasteiger partial charge < -0.3 is 9.47 Å². The maximum atomic E-state index is 12.9. The summed E-state index contributed by atoms with van der Waals surface area (Å²) in [5.74, 6) is 0.686. The Bertz CT molecular complexity index is 625. The predicted molar refractivity (Wildman–Crippen MR) is 89.7 cm³/mol. The van der Waals surface area contributed by atoms with Gasteiger partial charge in [0.2, 0.25) is 0 Å². The van der Waals surface area contributed by atoms with Gasteiger partial charge in [-0.2, -0.15) is 17.0 Å². The fraction of sp³-hybridized carbons (Fsp3) is 0.625. The number of hydrogen-bond donors (Lipinski definition) is 0. The van der Waals surface area contributed by atoms with E-state index >= 15 is 0 Å². The van der Waals surface area contributed by atoms with E-state index in [-0.39, 0.29) is 18.2 Å². The molecule has 1 saturated heterocycles. The highest BCUT2D eigenvalue weighted by molar-refractivity contribution is 7.86. The minimum Gasteiger partial charge on any atom is -0.496 e. The van der Waals surface area contributed by atoms with Gasteiger partial charge in [-0.25, -0.2) is 0 Å². The number of para-hydroxylation sites is 1. The van der Waals surface area contributed by atoms with Crippen LogP contribution >= 0.6 is 0 Å². The molecule has 0 radical (unpaired) electrons. The van der Waals surface area contributed by atoms with Gasteiger partial charge in [0.15, 0.2) is 0 Å². The molecule has 0 N–H and O–H groups in total. The van der Waals surface area contributed by atoms with Crippen molar-refractivity contribution in [2.45, 2.75) is 39.0 Å². The highest BCUT2D eigenvalue weighted by atomic mass is 32.2. The van der Waals surface area contributed by atoms with Crippen molar-refractivity contribution in [1.29, 1.82) is 0 Å². The van der Waals surface area contributed by atoms with Crippen molar-refractivity contribution >= 4 is 10.2 Å². The largest absolute Gasteiger partial charge is 0.496 e. The molecule has 1 aromatic rings. The molecule has 1 fully saturated rings. The summed E-state index contributed by atoms with van der Waals surface area (Å²) < 4.78 is 39.8. The molecule has 0 aromatic heterocycles. The van der Waals surface area contributed by atoms with Crippen molar-refractivity contribution in [2.24, 2.45) is 0 Å². The predicted octanol–water partition coefficient (Wildman–Crippen LogP) is 2.04. The standard InChI is InChI=1S/C16H26N2O4S/c1-12-10-18(11-13(2)22-12)23(19,20)17(4)14(3)15-8-6-7-9-16(15)21-5/h6-9,12-14H,10-11H2,1-5H3/t12-,13+,14-/m0/s1. The molecule has 0 spiro atoms. The van der Waals surface area contributed by atoms with Crippen LogP contribution in [-0.2, 0) is 14.9 Å². The van der Waals surface area contributed by atoms with E-state index < -0.39 is 10.2 Å². The smallest absolute Gasteiger partial charge is 0.282 e. The Labute approximate surface area is 139 Å². The molecule has 0 amide bonds. The van der Waals surface area contributed by atoms with E-state index in [0.717, 1.165) is 5.56 Å². The number of nitrogens with zero attached hydrogens (tertiary/aromatic N) is 2. The van der Waals surface area contributed by atoms with Crippen molar-refractivity contribution in [2.75, 3.05) is 27.2 Å². The number of morpholine rings is 1. The quantitative estimate of drug-likeness (QED) is 0.822. The second kappa shape index (κ2) is 7.17. The first kappa shape index (κ1) is 18.2. The first-order valence-electron chi connectivity index (χ1n) is 7.78. The number of hydrogen-bond acceptors (Lipinski definition) is 4. The van der Waals surface area contributed by atoms with Crippen LogP contribution in [0.25, 0.3) is 0 Å². The van der Waals surface area contributed by atoms with E-state index in [1.165, 1.54) is 8.61 Å². The Kier molecular flexibility index (Phi) is 5.67. The summed E-state index contributed by atoms with van der Waals surface area (Å²) in [4.78, 5) is 0. The van der Waals surface area contributed by atoms with Gasteiger partial charge in [-0.15, -0.1) is 0 Å². The van der Waals surface area contributed by atoms with Crippen LogP contribution in [0.5, 0.6) is 5.75 Å². The summed E-state index contributed by atoms with van der Waals surface area (Å²) in [6.07, 6.45) is -0.216. The zero-order valence-electron chi connectivity index (χ0n) is 14.4. The molecule has 23 heavy (non-hydrogen) atoms. The highest BCUT2D eigenvalue weighted by Crippen LogP contribution is 2.31. The van der Waals surface area contributed by atoms with Crippen molar-refractivity contribution in [1.82, 2.24) is 8.61 Å². The topological polar surface area (TPSA) is 59.1 Å². The summed E-state index contributed by atoms with van der Waals surface area (Å²) in [5.41, 5.74) is 0.843. The third kappa shape index (κ3) is 3.85. The monoisotopic (exact) mass is 342 g/mol. The zero-order valence-corrected chi connectivity index (χ0v) is 15.2. The lowest BCUT2D eigenvalue weighted by molar-refractivity contribution is -0.0455. The number of ether oxygens (including phenoxy) is 2. The summed E-state index contributed by atoms with van der Waals surface area (Å²) in [5, 5.41) is 0. The maximum absolute atomic E-state index is 12.9. The fourth-order valence-electron chi connectivity index (χ4n) is 2.91. The molecule has 3 atom stereocenters. The van der Waals surface area contributed by atoms with E-state index in [2.05, 4.69) is 0 Å². The summed E-state index contributed by atoms with van der Waals surface area (Å²) >= 11 is 0. The van der Waals surface area contributed by atoms with Gasteiger partial charge in [0, 0.05) is 25.7 Å². The molecule has 2 rings (SSSR count). The van der Waals surface area contributed by atoms with Gasteiger partial charge in [-0.1, -0.05) is 18.2 Å². The van der Waals surface area contributed by atoms with Gasteiger partial charge in [0.25, 0.3) is 10.2 Å². The Morgan fingerprint density at radius 1 is 1.26 bits per heavy atom. The summed E-state index contributed by atoms with van der Waals surface area (Å²) in [6, 6.07) is 7.15. The Balaban J connectivity index is 2.25. The lowest BCUT2D eigenvalue weighted by atomic mass is 10.1. The van der Waals surface area contributed by atoms with Crippen LogP contribution in [0.3, 0.4) is 0 Å². The van der Waals surface area contributed by atoms with E-state index in [1.54, 1.807) is 14.2 Å². The molecule has 1 aromatic carbocycles. The summed E-state index contributed by atoms with van der Waals surface area (Å²) in [7, 11) is -0.372. The number of methoxy groups -OCH3 is 1. The second-order valence-corrected chi connectivity index (χ2v) is 8.00. The van der Waals surface area contributed by atoms with E-state index in [0.29, 0.717) is 18.8 Å². The van der Waals surface area contributed by atoms with Gasteiger partial charge in [0.1, 0.15) is 5.75 Å². The van der Waals surface area contributed by atoms with Crippen LogP contribution in [-0.4, -0.2) is 56.5 Å². The van der Waals surface area contributed by atoms with E-state index in [1.807, 2.05) is 45.0 Å². The molecule has 0 unspecified atom stereocenters. The minimum absolute atomic E-state index is 0.108. The zero-order chi connectivity index (χ0) is 17.2. The third-order valence-electron chi connectivity index (χ3n) is 4.21. The first-order valence-corrected chi connectivity index (χ1v) is 9.18. The van der Waals surface area contributed by atoms with Gasteiger partial charge in [-0.3, -0.25) is 0 Å². The molecule has 0 bridgehead atoms. The molecule has 0 aliphatic carbocycles. The minimum atomic E-state index is -3.57. The van der Waals surface area contributed by atoms with Gasteiger partial charge in [-0.05, 0) is 26.8 Å². The molecule has 1 heterocycles. The van der Waals surface area contributed by atoms with E-state index in [9.17, 15) is 8.42 Å². The molecule has 0 saturated carbocycles. The Hall–Kier alpha value is -1.15. The van der Waals surface area contributed by atoms with E-state index in [4.69, 9.17) is 9.47 Å². The Morgan fingerprint density at radius 3 is 2.39 bits per heavy atom. The molecule has 1 aliphatic rings. The third-order valence-corrected chi connectivity index (χ3v) is 6.21. The molecule has 1 aliphatic heterocycles. The van der Waals surface area contributed by atoms with Crippen LogP contribution in [0, 0.1) is 0 Å². The lowest BCUT2D eigenvalue weighted by Gasteiger charge is -2.38. The normalized spacial score (nSPS) is 24.6. The van der Waals surface area contributed by atoms with Crippen molar-refractivity contribution in [3.8, 4) is 5.75 Å². The fourth-order valence-corrected chi connectivity index (χ4v) is 4.58. The molecular formula is C16H26N2O4S. The van der Waals surface area contributed by atoms with Crippen LogP contribution in [0.4, 0.5) is 0 Å². The van der Waals surface area contributed by atoms with Gasteiger partial charge >= 0.3 is 0 Å². The molecule has 130 valence electrons. The molecular weight excluding hydrogens is 316 g/mol. The second-order valence-electron chi connectivity index (χ2n) is 6.02. The average molecular weight is 342 g/mol. The van der Waals surface area contributed by atoms with Crippen LogP contribution < -0.4 is 4.74 Å². The van der Waals surface area contributed by atoms with Crippen LogP contribution in [0.1, 0.15) is 32.4 Å².